The zero-order valence-corrected chi connectivity index (χ0v) is 14.8. The van der Waals surface area contributed by atoms with Crippen molar-refractivity contribution in [2.45, 2.75) is 59.3 Å². The van der Waals surface area contributed by atoms with Crippen molar-refractivity contribution in [1.29, 1.82) is 0 Å². The lowest BCUT2D eigenvalue weighted by Crippen LogP contribution is -2.27. The van der Waals surface area contributed by atoms with Gasteiger partial charge in [-0.3, -0.25) is 0 Å². The molecule has 1 unspecified atom stereocenters. The Kier molecular flexibility index (Phi) is 9.78. The molecule has 1 atom stereocenters. The molecule has 0 aromatic heterocycles. The van der Waals surface area contributed by atoms with Crippen molar-refractivity contribution in [1.82, 2.24) is 5.32 Å². The Labute approximate surface area is 136 Å². The molecule has 1 aromatic carbocycles. The zero-order valence-electron chi connectivity index (χ0n) is 14.0. The Morgan fingerprint density at radius 2 is 1.81 bits per heavy atom. The lowest BCUT2D eigenvalue weighted by atomic mass is 9.93. The lowest BCUT2D eigenvalue weighted by molar-refractivity contribution is 0.407. The highest BCUT2D eigenvalue weighted by atomic mass is 35.5. The second kappa shape index (κ2) is 11.1. The Morgan fingerprint density at radius 1 is 1.05 bits per heavy atom. The molecule has 1 aromatic rings. The summed E-state index contributed by atoms with van der Waals surface area (Å²) >= 11 is 6.32. The van der Waals surface area contributed by atoms with Gasteiger partial charge in [-0.05, 0) is 49.4 Å². The number of hydrogen-bond acceptors (Lipinski definition) is 1. The van der Waals surface area contributed by atoms with Crippen LogP contribution in [0, 0.1) is 11.8 Å². The van der Waals surface area contributed by atoms with Gasteiger partial charge in [-0.15, -0.1) is 0 Å². The van der Waals surface area contributed by atoms with Gasteiger partial charge in [0.15, 0.2) is 0 Å². The van der Waals surface area contributed by atoms with E-state index in [2.05, 4.69) is 38.2 Å². The average Bonchev–Trinajstić information content (AvgIpc) is 2.45. The molecular formula is C19H32ClN. The summed E-state index contributed by atoms with van der Waals surface area (Å²) in [7, 11) is 0. The number of rotatable bonds is 11. The quantitative estimate of drug-likeness (QED) is 0.516. The first-order valence-corrected chi connectivity index (χ1v) is 8.95. The highest BCUT2D eigenvalue weighted by molar-refractivity contribution is 6.31. The van der Waals surface area contributed by atoms with E-state index in [-0.39, 0.29) is 0 Å². The van der Waals surface area contributed by atoms with E-state index >= 15 is 0 Å². The van der Waals surface area contributed by atoms with Crippen molar-refractivity contribution < 1.29 is 0 Å². The van der Waals surface area contributed by atoms with Crippen LogP contribution in [0.5, 0.6) is 0 Å². The van der Waals surface area contributed by atoms with E-state index in [9.17, 15) is 0 Å². The monoisotopic (exact) mass is 309 g/mol. The molecule has 2 heteroatoms. The number of benzene rings is 1. The lowest BCUT2D eigenvalue weighted by Gasteiger charge is -2.19. The molecule has 0 saturated carbocycles. The van der Waals surface area contributed by atoms with Gasteiger partial charge in [0.05, 0.1) is 0 Å². The molecule has 0 spiro atoms. The summed E-state index contributed by atoms with van der Waals surface area (Å²) in [4.78, 5) is 0. The van der Waals surface area contributed by atoms with Crippen LogP contribution in [0.25, 0.3) is 0 Å². The van der Waals surface area contributed by atoms with Crippen molar-refractivity contribution in [3.63, 3.8) is 0 Å². The first kappa shape index (κ1) is 18.5. The minimum Gasteiger partial charge on any atom is -0.316 e. The van der Waals surface area contributed by atoms with Crippen LogP contribution >= 0.6 is 11.6 Å². The minimum absolute atomic E-state index is 0.695. The standard InChI is InChI=1S/C19H32ClN/c1-4-5-6-7-10-17(15-21-14-16(2)3)13-18-11-8-9-12-19(18)20/h8-9,11-12,16-17,21H,4-7,10,13-15H2,1-3H3. The summed E-state index contributed by atoms with van der Waals surface area (Å²) in [5, 5.41) is 4.54. The normalized spacial score (nSPS) is 12.8. The molecule has 0 bridgehead atoms. The molecule has 0 aliphatic carbocycles. The van der Waals surface area contributed by atoms with Gasteiger partial charge in [0, 0.05) is 5.02 Å². The van der Waals surface area contributed by atoms with Crippen LogP contribution in [0.1, 0.15) is 58.4 Å². The van der Waals surface area contributed by atoms with E-state index in [1.165, 1.54) is 37.7 Å². The predicted octanol–water partition coefficient (Wildman–Crippen LogP) is 5.71. The summed E-state index contributed by atoms with van der Waals surface area (Å²) < 4.78 is 0. The van der Waals surface area contributed by atoms with Gasteiger partial charge < -0.3 is 5.32 Å². The van der Waals surface area contributed by atoms with Crippen LogP contribution in [0.4, 0.5) is 0 Å². The highest BCUT2D eigenvalue weighted by Gasteiger charge is 2.11. The zero-order chi connectivity index (χ0) is 15.5. The molecule has 0 heterocycles. The molecule has 0 amide bonds. The Morgan fingerprint density at radius 3 is 2.48 bits per heavy atom. The van der Waals surface area contributed by atoms with E-state index in [4.69, 9.17) is 11.6 Å². The summed E-state index contributed by atoms with van der Waals surface area (Å²) in [6.45, 7) is 9.00. The maximum Gasteiger partial charge on any atom is 0.0438 e. The second-order valence-corrected chi connectivity index (χ2v) is 6.97. The van der Waals surface area contributed by atoms with Gasteiger partial charge in [0.25, 0.3) is 0 Å². The predicted molar refractivity (Wildman–Crippen MR) is 95.1 cm³/mol. The van der Waals surface area contributed by atoms with Crippen LogP contribution in [-0.4, -0.2) is 13.1 Å². The number of hydrogen-bond donors (Lipinski definition) is 1. The molecule has 0 aliphatic rings. The fourth-order valence-electron chi connectivity index (χ4n) is 2.69. The molecule has 1 nitrogen and oxygen atoms in total. The number of nitrogens with one attached hydrogen (secondary N) is 1. The summed E-state index contributed by atoms with van der Waals surface area (Å²) in [6.07, 6.45) is 7.76. The summed E-state index contributed by atoms with van der Waals surface area (Å²) in [6, 6.07) is 8.28. The molecule has 0 radical (unpaired) electrons. The summed E-state index contributed by atoms with van der Waals surface area (Å²) in [5.74, 6) is 1.41. The maximum atomic E-state index is 6.32. The van der Waals surface area contributed by atoms with Crippen molar-refractivity contribution >= 4 is 11.6 Å². The van der Waals surface area contributed by atoms with Gasteiger partial charge in [-0.1, -0.05) is 76.3 Å². The third-order valence-electron chi connectivity index (χ3n) is 3.92. The Balaban J connectivity index is 2.47. The minimum atomic E-state index is 0.695. The molecule has 0 aliphatic heterocycles. The molecular weight excluding hydrogens is 278 g/mol. The Hall–Kier alpha value is -0.530. The van der Waals surface area contributed by atoms with E-state index < -0.39 is 0 Å². The number of unbranched alkanes of at least 4 members (excludes halogenated alkanes) is 3. The van der Waals surface area contributed by atoms with Crippen molar-refractivity contribution in [2.24, 2.45) is 11.8 Å². The average molecular weight is 310 g/mol. The van der Waals surface area contributed by atoms with Crippen LogP contribution in [0.15, 0.2) is 24.3 Å². The van der Waals surface area contributed by atoms with E-state index in [1.54, 1.807) is 0 Å². The van der Waals surface area contributed by atoms with Crippen molar-refractivity contribution in [3.05, 3.63) is 34.9 Å². The van der Waals surface area contributed by atoms with Crippen molar-refractivity contribution in [2.75, 3.05) is 13.1 Å². The number of halogens is 1. The smallest absolute Gasteiger partial charge is 0.0438 e. The topological polar surface area (TPSA) is 12.0 Å². The summed E-state index contributed by atoms with van der Waals surface area (Å²) in [5.41, 5.74) is 1.30. The molecule has 0 fully saturated rings. The SMILES string of the molecule is CCCCCCC(CNCC(C)C)Cc1ccccc1Cl. The largest absolute Gasteiger partial charge is 0.316 e. The van der Waals surface area contributed by atoms with Crippen LogP contribution in [-0.2, 0) is 6.42 Å². The van der Waals surface area contributed by atoms with Crippen LogP contribution in [0.2, 0.25) is 5.02 Å². The third kappa shape index (κ3) is 8.48. The Bertz CT molecular complexity index is 376. The fourth-order valence-corrected chi connectivity index (χ4v) is 2.90. The van der Waals surface area contributed by atoms with Gasteiger partial charge in [-0.25, -0.2) is 0 Å². The third-order valence-corrected chi connectivity index (χ3v) is 4.29. The highest BCUT2D eigenvalue weighted by Crippen LogP contribution is 2.22. The van der Waals surface area contributed by atoms with E-state index in [0.717, 1.165) is 24.5 Å². The van der Waals surface area contributed by atoms with E-state index in [1.807, 2.05) is 12.1 Å². The van der Waals surface area contributed by atoms with Gasteiger partial charge in [0.2, 0.25) is 0 Å². The fraction of sp³-hybridized carbons (Fsp3) is 0.684. The second-order valence-electron chi connectivity index (χ2n) is 6.56. The molecule has 120 valence electrons. The molecule has 0 saturated heterocycles. The first-order valence-electron chi connectivity index (χ1n) is 8.57. The van der Waals surface area contributed by atoms with Gasteiger partial charge in [0.1, 0.15) is 0 Å². The molecule has 21 heavy (non-hydrogen) atoms. The van der Waals surface area contributed by atoms with Gasteiger partial charge in [-0.2, -0.15) is 0 Å². The van der Waals surface area contributed by atoms with Crippen molar-refractivity contribution in [3.8, 4) is 0 Å². The molecule has 1 N–H and O–H groups in total. The molecule has 1 rings (SSSR count). The van der Waals surface area contributed by atoms with E-state index in [0.29, 0.717) is 11.8 Å². The van der Waals surface area contributed by atoms with Crippen LogP contribution in [0.3, 0.4) is 0 Å². The van der Waals surface area contributed by atoms with Gasteiger partial charge >= 0.3 is 0 Å². The maximum absolute atomic E-state index is 6.32. The first-order chi connectivity index (χ1) is 10.1. The van der Waals surface area contributed by atoms with Crippen LogP contribution < -0.4 is 5.32 Å².